The summed E-state index contributed by atoms with van der Waals surface area (Å²) in [7, 11) is 5.62. The molecule has 0 amide bonds. The zero-order valence-electron chi connectivity index (χ0n) is 8.59. The van der Waals surface area contributed by atoms with Crippen LogP contribution in [-0.2, 0) is 0 Å². The maximum Gasteiger partial charge on any atom is 0.147 e. The van der Waals surface area contributed by atoms with Crippen LogP contribution < -0.4 is 15.4 Å². The summed E-state index contributed by atoms with van der Waals surface area (Å²) in [4.78, 5) is 2.01. The fraction of sp³-hybridized carbons (Fsp3) is 0.400. The first-order valence-electron chi connectivity index (χ1n) is 4.18. The molecule has 0 bridgehead atoms. The number of hydrogen-bond acceptors (Lipinski definition) is 3. The molecule has 0 spiro atoms. The predicted octanol–water partition coefficient (Wildman–Crippen LogP) is 1.65. The van der Waals surface area contributed by atoms with Crippen LogP contribution in [0.2, 0.25) is 0 Å². The smallest absolute Gasteiger partial charge is 0.147 e. The third kappa shape index (κ3) is 1.69. The summed E-state index contributed by atoms with van der Waals surface area (Å²) in [5.41, 5.74) is 8.58. The lowest BCUT2D eigenvalue weighted by molar-refractivity contribution is 0.412. The summed E-state index contributed by atoms with van der Waals surface area (Å²) in [5, 5.41) is 0. The van der Waals surface area contributed by atoms with E-state index in [9.17, 15) is 0 Å². The SMILES string of the molecule is COc1c(N(C)C)ccc(N)c1C. The largest absolute Gasteiger partial charge is 0.494 e. The summed E-state index contributed by atoms with van der Waals surface area (Å²) in [6, 6.07) is 3.86. The highest BCUT2D eigenvalue weighted by Crippen LogP contribution is 2.33. The number of ether oxygens (including phenoxy) is 1. The van der Waals surface area contributed by atoms with E-state index in [0.717, 1.165) is 22.7 Å². The zero-order chi connectivity index (χ0) is 10.0. The highest BCUT2D eigenvalue weighted by molar-refractivity contribution is 5.68. The van der Waals surface area contributed by atoms with Gasteiger partial charge >= 0.3 is 0 Å². The fourth-order valence-electron chi connectivity index (χ4n) is 1.30. The van der Waals surface area contributed by atoms with Crippen molar-refractivity contribution < 1.29 is 4.74 Å². The van der Waals surface area contributed by atoms with Gasteiger partial charge in [-0.15, -0.1) is 0 Å². The van der Waals surface area contributed by atoms with Crippen molar-refractivity contribution in [2.24, 2.45) is 0 Å². The van der Waals surface area contributed by atoms with Crippen molar-refractivity contribution in [1.82, 2.24) is 0 Å². The van der Waals surface area contributed by atoms with Crippen molar-refractivity contribution in [2.45, 2.75) is 6.92 Å². The van der Waals surface area contributed by atoms with Crippen molar-refractivity contribution in [1.29, 1.82) is 0 Å². The van der Waals surface area contributed by atoms with Crippen molar-refractivity contribution in [3.05, 3.63) is 17.7 Å². The molecule has 0 aliphatic carbocycles. The van der Waals surface area contributed by atoms with Crippen molar-refractivity contribution in [3.8, 4) is 5.75 Å². The average Bonchev–Trinajstić information content (AvgIpc) is 2.09. The molecule has 0 unspecified atom stereocenters. The van der Waals surface area contributed by atoms with Gasteiger partial charge in [0, 0.05) is 25.3 Å². The minimum atomic E-state index is 0.766. The molecule has 0 atom stereocenters. The molecule has 0 heterocycles. The molecule has 0 radical (unpaired) electrons. The molecular formula is C10H16N2O. The molecule has 3 nitrogen and oxygen atoms in total. The Morgan fingerprint density at radius 2 is 1.92 bits per heavy atom. The number of nitrogens with two attached hydrogens (primary N) is 1. The summed E-state index contributed by atoms with van der Waals surface area (Å²) in [6.07, 6.45) is 0. The van der Waals surface area contributed by atoms with Gasteiger partial charge in [0.2, 0.25) is 0 Å². The average molecular weight is 180 g/mol. The first-order chi connectivity index (χ1) is 6.07. The van der Waals surface area contributed by atoms with Gasteiger partial charge in [0.25, 0.3) is 0 Å². The first-order valence-corrected chi connectivity index (χ1v) is 4.18. The van der Waals surface area contributed by atoms with Crippen LogP contribution in [0.1, 0.15) is 5.56 Å². The van der Waals surface area contributed by atoms with Crippen molar-refractivity contribution in [3.63, 3.8) is 0 Å². The number of nitrogens with zero attached hydrogens (tertiary/aromatic N) is 1. The van der Waals surface area contributed by atoms with Gasteiger partial charge in [-0.2, -0.15) is 0 Å². The highest BCUT2D eigenvalue weighted by Gasteiger charge is 2.09. The Labute approximate surface area is 79.1 Å². The predicted molar refractivity (Wildman–Crippen MR) is 56.5 cm³/mol. The van der Waals surface area contributed by atoms with E-state index >= 15 is 0 Å². The molecule has 3 heteroatoms. The number of hydrogen-bond donors (Lipinski definition) is 1. The Kier molecular flexibility index (Phi) is 2.66. The second kappa shape index (κ2) is 3.56. The summed E-state index contributed by atoms with van der Waals surface area (Å²) in [5.74, 6) is 0.852. The van der Waals surface area contributed by atoms with Crippen LogP contribution >= 0.6 is 0 Å². The minimum absolute atomic E-state index is 0.766. The second-order valence-electron chi connectivity index (χ2n) is 3.23. The first kappa shape index (κ1) is 9.71. The van der Waals surface area contributed by atoms with E-state index < -0.39 is 0 Å². The summed E-state index contributed by atoms with van der Waals surface area (Å²) in [6.45, 7) is 1.96. The molecule has 1 rings (SSSR count). The van der Waals surface area contributed by atoms with Gasteiger partial charge in [-0.25, -0.2) is 0 Å². The van der Waals surface area contributed by atoms with Crippen molar-refractivity contribution >= 4 is 11.4 Å². The molecule has 0 saturated carbocycles. The Hall–Kier alpha value is -1.38. The molecule has 0 fully saturated rings. The number of rotatable bonds is 2. The lowest BCUT2D eigenvalue weighted by Crippen LogP contribution is -2.11. The molecular weight excluding hydrogens is 164 g/mol. The van der Waals surface area contributed by atoms with Gasteiger partial charge in [0.1, 0.15) is 5.75 Å². The van der Waals surface area contributed by atoms with Crippen LogP contribution in [0.4, 0.5) is 11.4 Å². The quantitative estimate of drug-likeness (QED) is 0.703. The van der Waals surface area contributed by atoms with E-state index in [-0.39, 0.29) is 0 Å². The molecule has 0 aliphatic heterocycles. The summed E-state index contributed by atoms with van der Waals surface area (Å²) >= 11 is 0. The van der Waals surface area contributed by atoms with E-state index in [2.05, 4.69) is 0 Å². The number of nitrogen functional groups attached to an aromatic ring is 1. The molecule has 13 heavy (non-hydrogen) atoms. The van der Waals surface area contributed by atoms with E-state index in [4.69, 9.17) is 10.5 Å². The van der Waals surface area contributed by atoms with Gasteiger partial charge in [0.05, 0.1) is 12.8 Å². The number of methoxy groups -OCH3 is 1. The third-order valence-corrected chi connectivity index (χ3v) is 2.11. The monoisotopic (exact) mass is 180 g/mol. The molecule has 2 N–H and O–H groups in total. The Morgan fingerprint density at radius 3 is 2.38 bits per heavy atom. The van der Waals surface area contributed by atoms with E-state index in [1.165, 1.54) is 0 Å². The van der Waals surface area contributed by atoms with Gasteiger partial charge < -0.3 is 15.4 Å². The van der Waals surface area contributed by atoms with Gasteiger partial charge in [0.15, 0.2) is 0 Å². The minimum Gasteiger partial charge on any atom is -0.494 e. The van der Waals surface area contributed by atoms with Crippen LogP contribution in [0.5, 0.6) is 5.75 Å². The maximum absolute atomic E-state index is 5.77. The molecule has 0 saturated heterocycles. The molecule has 1 aromatic carbocycles. The highest BCUT2D eigenvalue weighted by atomic mass is 16.5. The normalized spacial score (nSPS) is 9.85. The van der Waals surface area contributed by atoms with Crippen LogP contribution in [-0.4, -0.2) is 21.2 Å². The second-order valence-corrected chi connectivity index (χ2v) is 3.23. The van der Waals surface area contributed by atoms with E-state index in [1.54, 1.807) is 7.11 Å². The van der Waals surface area contributed by atoms with Crippen LogP contribution in [0, 0.1) is 6.92 Å². The lowest BCUT2D eigenvalue weighted by atomic mass is 10.1. The van der Waals surface area contributed by atoms with Gasteiger partial charge in [-0.3, -0.25) is 0 Å². The van der Waals surface area contributed by atoms with Gasteiger partial charge in [-0.05, 0) is 19.1 Å². The number of anilines is 2. The van der Waals surface area contributed by atoms with Gasteiger partial charge in [-0.1, -0.05) is 0 Å². The van der Waals surface area contributed by atoms with Crippen LogP contribution in [0.25, 0.3) is 0 Å². The molecule has 72 valence electrons. The topological polar surface area (TPSA) is 38.5 Å². The van der Waals surface area contributed by atoms with E-state index in [1.807, 2.05) is 38.1 Å². The summed E-state index contributed by atoms with van der Waals surface area (Å²) < 4.78 is 5.30. The molecule has 1 aromatic rings. The fourth-order valence-corrected chi connectivity index (χ4v) is 1.30. The molecule has 0 aliphatic rings. The zero-order valence-corrected chi connectivity index (χ0v) is 8.59. The Bertz CT molecular complexity index is 308. The number of benzene rings is 1. The lowest BCUT2D eigenvalue weighted by Gasteiger charge is -2.19. The Morgan fingerprint density at radius 1 is 1.31 bits per heavy atom. The maximum atomic E-state index is 5.77. The van der Waals surface area contributed by atoms with Crippen molar-refractivity contribution in [2.75, 3.05) is 31.8 Å². The standard InChI is InChI=1S/C10H16N2O/c1-7-8(11)5-6-9(12(2)3)10(7)13-4/h5-6H,11H2,1-4H3. The van der Waals surface area contributed by atoms with E-state index in [0.29, 0.717) is 0 Å². The van der Waals surface area contributed by atoms with Crippen LogP contribution in [0.3, 0.4) is 0 Å². The van der Waals surface area contributed by atoms with Crippen LogP contribution in [0.15, 0.2) is 12.1 Å². The Balaban J connectivity index is 3.30. The molecule has 0 aromatic heterocycles. The third-order valence-electron chi connectivity index (χ3n) is 2.11.